The maximum absolute atomic E-state index is 14.0. The summed E-state index contributed by atoms with van der Waals surface area (Å²) in [6.07, 6.45) is -7.27. The summed E-state index contributed by atoms with van der Waals surface area (Å²) in [4.78, 5) is 12.4. The highest BCUT2D eigenvalue weighted by Gasteiger charge is 2.64. The Labute approximate surface area is 164 Å². The summed E-state index contributed by atoms with van der Waals surface area (Å²) in [5, 5.41) is 6.55. The summed E-state index contributed by atoms with van der Waals surface area (Å²) >= 11 is 0. The van der Waals surface area contributed by atoms with Gasteiger partial charge in [0.2, 0.25) is 5.91 Å². The lowest BCUT2D eigenvalue weighted by atomic mass is 9.63. The first kappa shape index (κ1) is 20.5. The van der Waals surface area contributed by atoms with Gasteiger partial charge in [-0.3, -0.25) is 9.48 Å². The Morgan fingerprint density at radius 2 is 1.69 bits per heavy atom. The lowest BCUT2D eigenvalue weighted by Crippen LogP contribution is -2.50. The number of amides is 1. The van der Waals surface area contributed by atoms with Gasteiger partial charge in [-0.2, -0.15) is 31.4 Å². The van der Waals surface area contributed by atoms with Crippen LogP contribution >= 0.6 is 0 Å². The first-order valence-corrected chi connectivity index (χ1v) is 9.91. The zero-order chi connectivity index (χ0) is 21.2. The van der Waals surface area contributed by atoms with Crippen LogP contribution in [0.1, 0.15) is 75.0 Å². The molecular formula is C19H23F6N3O. The third-order valence-electron chi connectivity index (χ3n) is 7.01. The summed E-state index contributed by atoms with van der Waals surface area (Å²) in [5.41, 5.74) is -3.58. The van der Waals surface area contributed by atoms with E-state index in [2.05, 4.69) is 10.4 Å². The smallest absolute Gasteiger partial charge is 0.309 e. The fourth-order valence-corrected chi connectivity index (χ4v) is 4.66. The Morgan fingerprint density at radius 1 is 1.07 bits per heavy atom. The van der Waals surface area contributed by atoms with Crippen LogP contribution in [0.15, 0.2) is 0 Å². The molecule has 3 aliphatic carbocycles. The number of hydrogen-bond donors (Lipinski definition) is 1. The van der Waals surface area contributed by atoms with E-state index in [-0.39, 0.29) is 43.1 Å². The summed E-state index contributed by atoms with van der Waals surface area (Å²) in [6, 6.07) is 0. The molecule has 4 nitrogen and oxygen atoms in total. The number of nitrogens with zero attached hydrogens (tertiary/aromatic N) is 2. The molecule has 3 saturated carbocycles. The summed E-state index contributed by atoms with van der Waals surface area (Å²) < 4.78 is 82.5. The van der Waals surface area contributed by atoms with E-state index in [0.717, 1.165) is 6.42 Å². The molecule has 4 rings (SSSR count). The number of carbonyl (C=O) groups is 1. The van der Waals surface area contributed by atoms with E-state index < -0.39 is 35.5 Å². The van der Waals surface area contributed by atoms with Crippen molar-refractivity contribution in [1.29, 1.82) is 0 Å². The highest BCUT2D eigenvalue weighted by molar-refractivity contribution is 5.91. The standard InChI is InChI=1S/C19H23F6N3O/c1-28-14(17(6-3-7-17)19(23,24)25)13(11-4-2-5-11)15(27-28)26-12(29)10-16(8-9-16)18(20,21)22/h11H,2-10H2,1H3,(H,26,27,29). The molecule has 3 fully saturated rings. The Balaban J connectivity index is 1.66. The van der Waals surface area contributed by atoms with Crippen molar-refractivity contribution >= 4 is 11.7 Å². The largest absolute Gasteiger partial charge is 0.399 e. The average Bonchev–Trinajstić information content (AvgIpc) is 3.19. The van der Waals surface area contributed by atoms with Crippen molar-refractivity contribution in [2.75, 3.05) is 5.32 Å². The van der Waals surface area contributed by atoms with E-state index in [1.54, 1.807) is 0 Å². The number of aromatic nitrogens is 2. The monoisotopic (exact) mass is 423 g/mol. The fourth-order valence-electron chi connectivity index (χ4n) is 4.66. The van der Waals surface area contributed by atoms with E-state index in [9.17, 15) is 31.1 Å². The number of anilines is 1. The van der Waals surface area contributed by atoms with Gasteiger partial charge in [-0.15, -0.1) is 0 Å². The molecule has 1 amide bonds. The van der Waals surface area contributed by atoms with Crippen molar-refractivity contribution in [3.63, 3.8) is 0 Å². The van der Waals surface area contributed by atoms with Crippen LogP contribution in [0.3, 0.4) is 0 Å². The SMILES string of the molecule is Cn1nc(NC(=O)CC2(C(F)(F)F)CC2)c(C2CCC2)c1C1(C(F)(F)F)CCC1. The van der Waals surface area contributed by atoms with Gasteiger partial charge in [-0.25, -0.2) is 0 Å². The molecule has 1 aromatic rings. The third-order valence-corrected chi connectivity index (χ3v) is 7.01. The van der Waals surface area contributed by atoms with Crippen molar-refractivity contribution in [3.8, 4) is 0 Å². The van der Waals surface area contributed by atoms with Crippen LogP contribution in [-0.2, 0) is 17.3 Å². The average molecular weight is 423 g/mol. The van der Waals surface area contributed by atoms with Crippen molar-refractivity contribution in [2.45, 2.75) is 81.5 Å². The van der Waals surface area contributed by atoms with Crippen molar-refractivity contribution in [3.05, 3.63) is 11.3 Å². The maximum atomic E-state index is 14.0. The van der Waals surface area contributed by atoms with Crippen molar-refractivity contribution in [2.24, 2.45) is 12.5 Å². The zero-order valence-electron chi connectivity index (χ0n) is 16.0. The second kappa shape index (κ2) is 6.38. The molecule has 1 heterocycles. The molecule has 0 spiro atoms. The number of rotatable bonds is 5. The van der Waals surface area contributed by atoms with Gasteiger partial charge in [-0.1, -0.05) is 12.8 Å². The van der Waals surface area contributed by atoms with Gasteiger partial charge >= 0.3 is 12.4 Å². The molecular weight excluding hydrogens is 400 g/mol. The second-order valence-electron chi connectivity index (χ2n) is 8.80. The van der Waals surface area contributed by atoms with Crippen LogP contribution < -0.4 is 5.32 Å². The van der Waals surface area contributed by atoms with E-state index in [1.165, 1.54) is 11.7 Å². The van der Waals surface area contributed by atoms with E-state index in [4.69, 9.17) is 0 Å². The van der Waals surface area contributed by atoms with Crippen LogP contribution in [0.4, 0.5) is 32.2 Å². The van der Waals surface area contributed by atoms with Gasteiger partial charge in [0, 0.05) is 19.0 Å². The van der Waals surface area contributed by atoms with Gasteiger partial charge in [0.25, 0.3) is 0 Å². The number of nitrogens with one attached hydrogen (secondary N) is 1. The molecule has 10 heteroatoms. The summed E-state index contributed by atoms with van der Waals surface area (Å²) in [6.45, 7) is 0. The number of aryl methyl sites for hydroxylation is 1. The first-order chi connectivity index (χ1) is 13.4. The minimum Gasteiger partial charge on any atom is -0.309 e. The quantitative estimate of drug-likeness (QED) is 0.650. The Kier molecular flexibility index (Phi) is 4.51. The minimum absolute atomic E-state index is 0.00861. The molecule has 3 aliphatic rings. The molecule has 0 unspecified atom stereocenters. The molecule has 0 saturated heterocycles. The number of halogens is 6. The Bertz CT molecular complexity index is 813. The molecule has 0 aromatic carbocycles. The number of alkyl halides is 6. The Hall–Kier alpha value is -1.74. The number of hydrogen-bond acceptors (Lipinski definition) is 2. The molecule has 0 aliphatic heterocycles. The lowest BCUT2D eigenvalue weighted by Gasteiger charge is -2.44. The van der Waals surface area contributed by atoms with Crippen LogP contribution in [0.2, 0.25) is 0 Å². The van der Waals surface area contributed by atoms with Gasteiger partial charge in [0.15, 0.2) is 5.82 Å². The third kappa shape index (κ3) is 3.13. The van der Waals surface area contributed by atoms with Gasteiger partial charge in [0.05, 0.1) is 11.1 Å². The number of carbonyl (C=O) groups excluding carboxylic acids is 1. The van der Waals surface area contributed by atoms with E-state index in [0.29, 0.717) is 24.8 Å². The second-order valence-corrected chi connectivity index (χ2v) is 8.80. The van der Waals surface area contributed by atoms with E-state index in [1.807, 2.05) is 0 Å². The van der Waals surface area contributed by atoms with Crippen LogP contribution in [0.5, 0.6) is 0 Å². The van der Waals surface area contributed by atoms with Crippen LogP contribution in [0, 0.1) is 5.41 Å². The Morgan fingerprint density at radius 3 is 2.07 bits per heavy atom. The summed E-state index contributed by atoms with van der Waals surface area (Å²) in [7, 11) is 1.41. The first-order valence-electron chi connectivity index (χ1n) is 9.91. The van der Waals surface area contributed by atoms with Crippen molar-refractivity contribution < 1.29 is 31.1 Å². The van der Waals surface area contributed by atoms with Gasteiger partial charge in [-0.05, 0) is 44.4 Å². The van der Waals surface area contributed by atoms with E-state index >= 15 is 0 Å². The van der Waals surface area contributed by atoms with Crippen LogP contribution in [-0.4, -0.2) is 28.0 Å². The predicted molar refractivity (Wildman–Crippen MR) is 92.4 cm³/mol. The maximum Gasteiger partial charge on any atom is 0.399 e. The zero-order valence-corrected chi connectivity index (χ0v) is 16.0. The molecule has 0 bridgehead atoms. The van der Waals surface area contributed by atoms with Crippen LogP contribution in [0.25, 0.3) is 0 Å². The topological polar surface area (TPSA) is 46.9 Å². The molecule has 0 radical (unpaired) electrons. The molecule has 1 aromatic heterocycles. The van der Waals surface area contributed by atoms with Gasteiger partial charge in [0.1, 0.15) is 5.41 Å². The molecule has 162 valence electrons. The molecule has 0 atom stereocenters. The van der Waals surface area contributed by atoms with Gasteiger partial charge < -0.3 is 5.32 Å². The highest BCUT2D eigenvalue weighted by atomic mass is 19.4. The predicted octanol–water partition coefficient (Wildman–Crippen LogP) is 5.34. The summed E-state index contributed by atoms with van der Waals surface area (Å²) in [5.74, 6) is -1.02. The molecule has 1 N–H and O–H groups in total. The normalized spacial score (nSPS) is 23.3. The minimum atomic E-state index is -4.47. The fraction of sp³-hybridized carbons (Fsp3) is 0.789. The highest BCUT2D eigenvalue weighted by Crippen LogP contribution is 2.60. The lowest BCUT2D eigenvalue weighted by molar-refractivity contribution is -0.215. The van der Waals surface area contributed by atoms with Crippen molar-refractivity contribution in [1.82, 2.24) is 9.78 Å². The molecule has 29 heavy (non-hydrogen) atoms.